The summed E-state index contributed by atoms with van der Waals surface area (Å²) in [6, 6.07) is 14.4. The summed E-state index contributed by atoms with van der Waals surface area (Å²) in [6.45, 7) is 6.45. The van der Waals surface area contributed by atoms with Crippen LogP contribution >= 0.6 is 11.6 Å². The smallest absolute Gasteiger partial charge is 0.271 e. The van der Waals surface area contributed by atoms with Gasteiger partial charge in [-0.1, -0.05) is 11.6 Å². The van der Waals surface area contributed by atoms with Crippen LogP contribution in [0.2, 0.25) is 5.02 Å². The van der Waals surface area contributed by atoms with Crippen LogP contribution < -0.4 is 14.9 Å². The third-order valence-corrected chi connectivity index (χ3v) is 4.88. The summed E-state index contributed by atoms with van der Waals surface area (Å²) >= 11 is 6.19. The van der Waals surface area contributed by atoms with E-state index in [1.165, 1.54) is 0 Å². The standard InChI is InChI=1S/C23H24ClN3O3/c1-5-30-20-9-6-17(7-10-20)23(28)26-25-14-18-12-15(2)27(16(18)3)21-13-19(24)8-11-22(21)29-4/h6-14H,5H2,1-4H3,(H,26,28)/b25-14-. The predicted octanol–water partition coefficient (Wildman–Crippen LogP) is 4.92. The number of aromatic nitrogens is 1. The Morgan fingerprint density at radius 3 is 2.57 bits per heavy atom. The number of nitrogens with zero attached hydrogens (tertiary/aromatic N) is 2. The molecule has 3 aromatic rings. The fourth-order valence-electron chi connectivity index (χ4n) is 3.22. The molecule has 30 heavy (non-hydrogen) atoms. The van der Waals surface area contributed by atoms with Crippen molar-refractivity contribution >= 4 is 23.7 Å². The summed E-state index contributed by atoms with van der Waals surface area (Å²) < 4.78 is 12.9. The average molecular weight is 426 g/mol. The van der Waals surface area contributed by atoms with Crippen LogP contribution in [0.4, 0.5) is 0 Å². The van der Waals surface area contributed by atoms with Crippen LogP contribution in [0, 0.1) is 13.8 Å². The van der Waals surface area contributed by atoms with Gasteiger partial charge in [0.2, 0.25) is 0 Å². The van der Waals surface area contributed by atoms with Gasteiger partial charge in [-0.3, -0.25) is 4.79 Å². The van der Waals surface area contributed by atoms with E-state index in [0.29, 0.717) is 22.9 Å². The van der Waals surface area contributed by atoms with Crippen LogP contribution in [-0.2, 0) is 0 Å². The zero-order chi connectivity index (χ0) is 21.7. The van der Waals surface area contributed by atoms with Crippen LogP contribution in [0.25, 0.3) is 5.69 Å². The number of hydrogen-bond donors (Lipinski definition) is 1. The zero-order valence-corrected chi connectivity index (χ0v) is 18.2. The van der Waals surface area contributed by atoms with E-state index in [1.807, 2.05) is 43.5 Å². The van der Waals surface area contributed by atoms with Gasteiger partial charge < -0.3 is 14.0 Å². The first-order valence-corrected chi connectivity index (χ1v) is 9.91. The number of nitrogens with one attached hydrogen (secondary N) is 1. The summed E-state index contributed by atoms with van der Waals surface area (Å²) in [5.74, 6) is 1.15. The van der Waals surface area contributed by atoms with E-state index in [-0.39, 0.29) is 5.91 Å². The molecule has 0 unspecified atom stereocenters. The molecule has 1 aromatic heterocycles. The van der Waals surface area contributed by atoms with Crippen molar-refractivity contribution in [2.24, 2.45) is 5.10 Å². The first-order valence-electron chi connectivity index (χ1n) is 9.53. The van der Waals surface area contributed by atoms with Gasteiger partial charge in [-0.15, -0.1) is 0 Å². The van der Waals surface area contributed by atoms with E-state index >= 15 is 0 Å². The second-order valence-corrected chi connectivity index (χ2v) is 7.07. The summed E-state index contributed by atoms with van der Waals surface area (Å²) in [5.41, 5.74) is 6.73. The van der Waals surface area contributed by atoms with Crippen LogP contribution in [0.1, 0.15) is 34.2 Å². The molecule has 1 amide bonds. The summed E-state index contributed by atoms with van der Waals surface area (Å²) in [6.07, 6.45) is 1.63. The molecule has 1 heterocycles. The van der Waals surface area contributed by atoms with Crippen molar-refractivity contribution in [1.82, 2.24) is 9.99 Å². The number of halogens is 1. The maximum atomic E-state index is 12.3. The highest BCUT2D eigenvalue weighted by atomic mass is 35.5. The Labute approximate surface area is 181 Å². The molecule has 0 fully saturated rings. The number of methoxy groups -OCH3 is 1. The molecule has 1 N–H and O–H groups in total. The van der Waals surface area contributed by atoms with Crippen LogP contribution in [0.5, 0.6) is 11.5 Å². The molecule has 0 radical (unpaired) electrons. The van der Waals surface area contributed by atoms with Crippen molar-refractivity contribution in [2.45, 2.75) is 20.8 Å². The van der Waals surface area contributed by atoms with Gasteiger partial charge in [-0.05, 0) is 69.3 Å². The summed E-state index contributed by atoms with van der Waals surface area (Å²) in [5, 5.41) is 4.74. The van der Waals surface area contributed by atoms with Gasteiger partial charge in [-0.25, -0.2) is 5.43 Å². The van der Waals surface area contributed by atoms with Gasteiger partial charge in [0.25, 0.3) is 5.91 Å². The summed E-state index contributed by atoms with van der Waals surface area (Å²) in [7, 11) is 1.62. The zero-order valence-electron chi connectivity index (χ0n) is 17.4. The molecule has 0 aliphatic rings. The molecule has 156 valence electrons. The number of hydrogen-bond acceptors (Lipinski definition) is 4. The number of ether oxygens (including phenoxy) is 2. The second-order valence-electron chi connectivity index (χ2n) is 6.63. The molecule has 0 bridgehead atoms. The lowest BCUT2D eigenvalue weighted by Crippen LogP contribution is -2.17. The Morgan fingerprint density at radius 1 is 1.17 bits per heavy atom. The van der Waals surface area contributed by atoms with E-state index < -0.39 is 0 Å². The van der Waals surface area contributed by atoms with Crippen molar-refractivity contribution in [3.63, 3.8) is 0 Å². The molecule has 0 aliphatic carbocycles. The largest absolute Gasteiger partial charge is 0.495 e. The Balaban J connectivity index is 1.78. The first-order chi connectivity index (χ1) is 14.4. The molecule has 0 aliphatic heterocycles. The highest BCUT2D eigenvalue weighted by Crippen LogP contribution is 2.30. The quantitative estimate of drug-likeness (QED) is 0.431. The Kier molecular flexibility index (Phi) is 6.79. The van der Waals surface area contributed by atoms with E-state index in [4.69, 9.17) is 21.1 Å². The second kappa shape index (κ2) is 9.50. The Bertz CT molecular complexity index is 1070. The normalized spacial score (nSPS) is 11.0. The SMILES string of the molecule is CCOc1ccc(C(=O)N/N=C\c2cc(C)n(-c3cc(Cl)ccc3OC)c2C)cc1. The van der Waals surface area contributed by atoms with Gasteiger partial charge in [0, 0.05) is 27.5 Å². The minimum absolute atomic E-state index is 0.292. The lowest BCUT2D eigenvalue weighted by atomic mass is 10.2. The van der Waals surface area contributed by atoms with E-state index in [9.17, 15) is 4.79 Å². The number of amides is 1. The van der Waals surface area contributed by atoms with Gasteiger partial charge in [-0.2, -0.15) is 5.10 Å². The highest BCUT2D eigenvalue weighted by molar-refractivity contribution is 6.30. The van der Waals surface area contributed by atoms with Crippen LogP contribution in [0.15, 0.2) is 53.6 Å². The highest BCUT2D eigenvalue weighted by Gasteiger charge is 2.14. The molecule has 6 nitrogen and oxygen atoms in total. The monoisotopic (exact) mass is 425 g/mol. The third-order valence-electron chi connectivity index (χ3n) is 4.65. The van der Waals surface area contributed by atoms with Crippen molar-refractivity contribution < 1.29 is 14.3 Å². The number of aryl methyl sites for hydroxylation is 1. The number of carbonyl (C=O) groups excluding carboxylic acids is 1. The minimum Gasteiger partial charge on any atom is -0.495 e. The van der Waals surface area contributed by atoms with Gasteiger partial charge in [0.05, 0.1) is 25.6 Å². The topological polar surface area (TPSA) is 64.8 Å². The number of benzene rings is 2. The average Bonchev–Trinajstić information content (AvgIpc) is 3.01. The van der Waals surface area contributed by atoms with E-state index in [1.54, 1.807) is 43.7 Å². The van der Waals surface area contributed by atoms with E-state index in [0.717, 1.165) is 28.4 Å². The van der Waals surface area contributed by atoms with Gasteiger partial charge in [0.1, 0.15) is 11.5 Å². The summed E-state index contributed by atoms with van der Waals surface area (Å²) in [4.78, 5) is 12.3. The number of rotatable bonds is 7. The number of carbonyl (C=O) groups is 1. The van der Waals surface area contributed by atoms with E-state index in [2.05, 4.69) is 10.5 Å². The molecular weight excluding hydrogens is 402 g/mol. The van der Waals surface area contributed by atoms with Crippen molar-refractivity contribution in [1.29, 1.82) is 0 Å². The van der Waals surface area contributed by atoms with Crippen LogP contribution in [0.3, 0.4) is 0 Å². The Morgan fingerprint density at radius 2 is 1.90 bits per heavy atom. The lowest BCUT2D eigenvalue weighted by molar-refractivity contribution is 0.0955. The predicted molar refractivity (Wildman–Crippen MR) is 119 cm³/mol. The maximum Gasteiger partial charge on any atom is 0.271 e. The molecule has 0 atom stereocenters. The fourth-order valence-corrected chi connectivity index (χ4v) is 3.39. The van der Waals surface area contributed by atoms with Crippen LogP contribution in [-0.4, -0.2) is 30.4 Å². The van der Waals surface area contributed by atoms with Crippen molar-refractivity contribution in [3.05, 3.63) is 76.1 Å². The molecular formula is C23H24ClN3O3. The molecule has 3 rings (SSSR count). The van der Waals surface area contributed by atoms with Gasteiger partial charge in [0.15, 0.2) is 0 Å². The molecule has 2 aromatic carbocycles. The first kappa shape index (κ1) is 21.5. The molecule has 0 spiro atoms. The number of hydrazone groups is 1. The fraction of sp³-hybridized carbons (Fsp3) is 0.217. The van der Waals surface area contributed by atoms with Crippen molar-refractivity contribution in [2.75, 3.05) is 13.7 Å². The molecule has 0 saturated heterocycles. The van der Waals surface area contributed by atoms with Gasteiger partial charge >= 0.3 is 0 Å². The maximum absolute atomic E-state index is 12.3. The molecule has 7 heteroatoms. The minimum atomic E-state index is -0.292. The third kappa shape index (κ3) is 4.66. The van der Waals surface area contributed by atoms with Crippen molar-refractivity contribution in [3.8, 4) is 17.2 Å². The Hall–Kier alpha value is -3.25. The molecule has 0 saturated carbocycles. The lowest BCUT2D eigenvalue weighted by Gasteiger charge is -2.14.